The van der Waals surface area contributed by atoms with Gasteiger partial charge in [0.15, 0.2) is 0 Å². The van der Waals surface area contributed by atoms with Gasteiger partial charge in [0.2, 0.25) is 5.91 Å². The molecule has 2 saturated heterocycles. The molecule has 1 unspecified atom stereocenters. The van der Waals surface area contributed by atoms with E-state index < -0.39 is 0 Å². The average molecular weight is 343 g/mol. The quantitative estimate of drug-likeness (QED) is 0.911. The zero-order valence-electron chi connectivity index (χ0n) is 13.5. The molecule has 0 saturated carbocycles. The molecule has 3 heterocycles. The van der Waals surface area contributed by atoms with Gasteiger partial charge in [-0.1, -0.05) is 6.07 Å². The largest absolute Gasteiger partial charge is 0.361 e. The van der Waals surface area contributed by atoms with Gasteiger partial charge in [0.05, 0.1) is 0 Å². The first-order valence-electron chi connectivity index (χ1n) is 8.49. The Kier molecular flexibility index (Phi) is 4.22. The van der Waals surface area contributed by atoms with Crippen molar-refractivity contribution >= 4 is 34.5 Å². The normalized spacial score (nSPS) is 21.4. The number of carbonyl (C=O) groups is 2. The molecule has 0 spiro atoms. The van der Waals surface area contributed by atoms with Crippen molar-refractivity contribution in [3.8, 4) is 0 Å². The lowest BCUT2D eigenvalue weighted by Crippen LogP contribution is -2.50. The third kappa shape index (κ3) is 2.79. The number of nitrogens with one attached hydrogen (secondary N) is 1. The second-order valence-corrected chi connectivity index (χ2v) is 7.60. The Bertz CT molecular complexity index is 766. The maximum Gasteiger partial charge on any atom is 0.254 e. The fraction of sp³-hybridized carbons (Fsp3) is 0.444. The Hall–Kier alpha value is -1.95. The third-order valence-electron chi connectivity index (χ3n) is 4.92. The topological polar surface area (TPSA) is 56.4 Å². The van der Waals surface area contributed by atoms with Crippen molar-refractivity contribution in [1.82, 2.24) is 14.8 Å². The van der Waals surface area contributed by atoms with E-state index in [1.165, 1.54) is 0 Å². The summed E-state index contributed by atoms with van der Waals surface area (Å²) < 4.78 is 0. The first-order valence-corrected chi connectivity index (χ1v) is 9.64. The highest BCUT2D eigenvalue weighted by atomic mass is 32.2. The molecule has 4 rings (SSSR count). The van der Waals surface area contributed by atoms with Gasteiger partial charge < -0.3 is 14.8 Å². The zero-order valence-corrected chi connectivity index (χ0v) is 14.3. The minimum atomic E-state index is -0.292. The molecule has 1 aromatic heterocycles. The highest BCUT2D eigenvalue weighted by Gasteiger charge is 2.37. The minimum Gasteiger partial charge on any atom is -0.361 e. The number of fused-ring (bicyclic) bond motifs is 1. The highest BCUT2D eigenvalue weighted by molar-refractivity contribution is 7.99. The van der Waals surface area contributed by atoms with E-state index in [2.05, 4.69) is 4.98 Å². The van der Waals surface area contributed by atoms with Gasteiger partial charge in [0, 0.05) is 48.4 Å². The molecule has 126 valence electrons. The predicted molar refractivity (Wildman–Crippen MR) is 96.3 cm³/mol. The highest BCUT2D eigenvalue weighted by Crippen LogP contribution is 2.24. The van der Waals surface area contributed by atoms with E-state index in [9.17, 15) is 9.59 Å². The number of hydrogen-bond acceptors (Lipinski definition) is 3. The monoisotopic (exact) mass is 343 g/mol. The molecular formula is C18H21N3O2S. The second-order valence-electron chi connectivity index (χ2n) is 6.37. The van der Waals surface area contributed by atoms with Crippen LogP contribution in [0, 0.1) is 0 Å². The van der Waals surface area contributed by atoms with Crippen molar-refractivity contribution in [3.63, 3.8) is 0 Å². The van der Waals surface area contributed by atoms with Crippen LogP contribution in [0.2, 0.25) is 0 Å². The van der Waals surface area contributed by atoms with Gasteiger partial charge in [0.1, 0.15) is 6.04 Å². The van der Waals surface area contributed by atoms with E-state index in [4.69, 9.17) is 0 Å². The maximum absolute atomic E-state index is 12.9. The molecule has 2 aliphatic rings. The lowest BCUT2D eigenvalue weighted by Gasteiger charge is -2.32. The van der Waals surface area contributed by atoms with E-state index in [0.29, 0.717) is 12.1 Å². The number of benzene rings is 1. The van der Waals surface area contributed by atoms with Crippen LogP contribution in [0.1, 0.15) is 23.2 Å². The van der Waals surface area contributed by atoms with Gasteiger partial charge in [-0.3, -0.25) is 9.59 Å². The average Bonchev–Trinajstić information content (AvgIpc) is 3.29. The summed E-state index contributed by atoms with van der Waals surface area (Å²) in [6.07, 6.45) is 3.55. The Morgan fingerprint density at radius 3 is 2.79 bits per heavy atom. The van der Waals surface area contributed by atoms with Crippen molar-refractivity contribution < 1.29 is 9.59 Å². The molecule has 6 heteroatoms. The summed E-state index contributed by atoms with van der Waals surface area (Å²) >= 11 is 1.89. The summed E-state index contributed by atoms with van der Waals surface area (Å²) in [7, 11) is 0. The molecule has 1 atom stereocenters. The minimum absolute atomic E-state index is 0.0336. The summed E-state index contributed by atoms with van der Waals surface area (Å²) in [6, 6.07) is 7.39. The van der Waals surface area contributed by atoms with E-state index >= 15 is 0 Å². The number of rotatable bonds is 2. The first kappa shape index (κ1) is 15.6. The van der Waals surface area contributed by atoms with Crippen molar-refractivity contribution in [3.05, 3.63) is 36.0 Å². The number of nitrogens with zero attached hydrogens (tertiary/aromatic N) is 2. The molecule has 1 N–H and O–H groups in total. The fourth-order valence-corrected chi connectivity index (χ4v) is 4.51. The lowest BCUT2D eigenvalue weighted by atomic mass is 10.1. The fourth-order valence-electron chi connectivity index (χ4n) is 3.61. The van der Waals surface area contributed by atoms with E-state index in [1.807, 2.05) is 47.1 Å². The molecule has 0 radical (unpaired) electrons. The summed E-state index contributed by atoms with van der Waals surface area (Å²) in [5.41, 5.74) is 1.61. The lowest BCUT2D eigenvalue weighted by molar-refractivity contribution is -0.134. The summed E-state index contributed by atoms with van der Waals surface area (Å²) in [4.78, 5) is 32.6. The molecule has 0 aliphatic carbocycles. The Morgan fingerprint density at radius 2 is 1.96 bits per heavy atom. The van der Waals surface area contributed by atoms with Crippen LogP contribution in [0.25, 0.3) is 10.9 Å². The number of hydrogen-bond donors (Lipinski definition) is 1. The number of H-pyrrole nitrogens is 1. The summed E-state index contributed by atoms with van der Waals surface area (Å²) in [5.74, 6) is 2.09. The first-order chi connectivity index (χ1) is 11.7. The molecule has 2 fully saturated rings. The molecule has 2 amide bonds. The molecule has 2 aliphatic heterocycles. The Morgan fingerprint density at radius 1 is 1.12 bits per heavy atom. The van der Waals surface area contributed by atoms with Crippen LogP contribution in [0.4, 0.5) is 0 Å². The number of amides is 2. The number of aromatic nitrogens is 1. The molecule has 24 heavy (non-hydrogen) atoms. The van der Waals surface area contributed by atoms with Gasteiger partial charge >= 0.3 is 0 Å². The van der Waals surface area contributed by atoms with Crippen LogP contribution in [-0.2, 0) is 4.79 Å². The van der Waals surface area contributed by atoms with E-state index in [0.717, 1.165) is 48.3 Å². The molecule has 0 bridgehead atoms. The smallest absolute Gasteiger partial charge is 0.254 e. The van der Waals surface area contributed by atoms with Crippen molar-refractivity contribution in [2.24, 2.45) is 0 Å². The molecule has 2 aromatic rings. The van der Waals surface area contributed by atoms with Crippen LogP contribution in [0.3, 0.4) is 0 Å². The standard InChI is InChI=1S/C18H21N3O2S/c22-17(14-4-3-13-5-6-19-15(13)12-14)21-7-1-2-16(21)18(23)20-8-10-24-11-9-20/h3-6,12,16,19H,1-2,7-11H2. The second kappa shape index (κ2) is 6.51. The molecular weight excluding hydrogens is 322 g/mol. The Labute approximate surface area is 145 Å². The van der Waals surface area contributed by atoms with Crippen LogP contribution >= 0.6 is 11.8 Å². The number of thioether (sulfide) groups is 1. The predicted octanol–water partition coefficient (Wildman–Crippen LogP) is 2.35. The van der Waals surface area contributed by atoms with Crippen molar-refractivity contribution in [2.75, 3.05) is 31.1 Å². The van der Waals surface area contributed by atoms with E-state index in [-0.39, 0.29) is 17.9 Å². The van der Waals surface area contributed by atoms with Crippen LogP contribution in [-0.4, -0.2) is 63.8 Å². The van der Waals surface area contributed by atoms with Gasteiger partial charge in [-0.25, -0.2) is 0 Å². The van der Waals surface area contributed by atoms with Crippen LogP contribution in [0.5, 0.6) is 0 Å². The van der Waals surface area contributed by atoms with Crippen LogP contribution in [0.15, 0.2) is 30.5 Å². The Balaban J connectivity index is 1.54. The summed E-state index contributed by atoms with van der Waals surface area (Å²) in [5, 5.41) is 1.09. The number of likely N-dealkylation sites (tertiary alicyclic amines) is 1. The number of carbonyl (C=O) groups excluding carboxylic acids is 2. The van der Waals surface area contributed by atoms with Crippen molar-refractivity contribution in [2.45, 2.75) is 18.9 Å². The van der Waals surface area contributed by atoms with E-state index in [1.54, 1.807) is 4.90 Å². The van der Waals surface area contributed by atoms with Crippen LogP contribution < -0.4 is 0 Å². The van der Waals surface area contributed by atoms with Gasteiger partial charge in [-0.05, 0) is 36.4 Å². The van der Waals surface area contributed by atoms with Gasteiger partial charge in [-0.2, -0.15) is 11.8 Å². The molecule has 1 aromatic carbocycles. The number of aromatic amines is 1. The van der Waals surface area contributed by atoms with Gasteiger partial charge in [-0.15, -0.1) is 0 Å². The maximum atomic E-state index is 12.9. The van der Waals surface area contributed by atoms with Crippen molar-refractivity contribution in [1.29, 1.82) is 0 Å². The molecule has 5 nitrogen and oxygen atoms in total. The third-order valence-corrected chi connectivity index (χ3v) is 5.87. The van der Waals surface area contributed by atoms with Gasteiger partial charge in [0.25, 0.3) is 5.91 Å². The zero-order chi connectivity index (χ0) is 16.5. The SMILES string of the molecule is O=C(C1CCCN1C(=O)c1ccc2cc[nH]c2c1)N1CCSCC1. The summed E-state index contributed by atoms with van der Waals surface area (Å²) in [6.45, 7) is 2.27.